The van der Waals surface area contributed by atoms with E-state index in [2.05, 4.69) is 22.6 Å². The van der Waals surface area contributed by atoms with Crippen molar-refractivity contribution in [3.8, 4) is 0 Å². The van der Waals surface area contributed by atoms with Crippen LogP contribution in [0.15, 0.2) is 0 Å². The van der Waals surface area contributed by atoms with E-state index in [1.165, 1.54) is 19.5 Å². The fourth-order valence-corrected chi connectivity index (χ4v) is 3.96. The minimum atomic E-state index is -0.529. The van der Waals surface area contributed by atoms with Gasteiger partial charge in [-0.2, -0.15) is 0 Å². The van der Waals surface area contributed by atoms with Crippen LogP contribution in [0.5, 0.6) is 0 Å². The first kappa shape index (κ1) is 13.0. The van der Waals surface area contributed by atoms with Crippen molar-refractivity contribution in [2.24, 2.45) is 11.7 Å². The molecule has 4 heteroatoms. The number of hydrogen-bond acceptors (Lipinski definition) is 1. The van der Waals surface area contributed by atoms with E-state index in [-0.39, 0.29) is 0 Å². The van der Waals surface area contributed by atoms with Gasteiger partial charge in [-0.3, -0.25) is 5.73 Å². The summed E-state index contributed by atoms with van der Waals surface area (Å²) >= 11 is 2.54. The molecule has 2 fully saturated rings. The van der Waals surface area contributed by atoms with Gasteiger partial charge in [0, 0.05) is 12.3 Å². The lowest BCUT2D eigenvalue weighted by molar-refractivity contribution is -0.932. The second kappa shape index (κ2) is 5.96. The van der Waals surface area contributed by atoms with E-state index in [0.29, 0.717) is 6.17 Å². The molecule has 0 amide bonds. The Hall–Kier alpha value is 0.580. The molecule has 0 bridgehead atoms. The summed E-state index contributed by atoms with van der Waals surface area (Å²) in [6.45, 7) is 2.38. The summed E-state index contributed by atoms with van der Waals surface area (Å²) in [6, 6.07) is 0. The number of hydrogen-bond donors (Lipinski definition) is 2. The predicted octanol–water partition coefficient (Wildman–Crippen LogP) is 1.28. The van der Waals surface area contributed by atoms with Gasteiger partial charge in [0.05, 0.1) is 17.0 Å². The number of nitrogens with one attached hydrogen (secondary N) is 1. The summed E-state index contributed by atoms with van der Waals surface area (Å²) < 4.78 is 13.8. The lowest BCUT2D eigenvalue weighted by Gasteiger charge is -2.36. The van der Waals surface area contributed by atoms with Gasteiger partial charge in [0.15, 0.2) is 0 Å². The summed E-state index contributed by atoms with van der Waals surface area (Å²) in [4.78, 5) is 1.56. The second-order valence-electron chi connectivity index (χ2n) is 5.47. The van der Waals surface area contributed by atoms with Crippen molar-refractivity contribution in [3.63, 3.8) is 0 Å². The fraction of sp³-hybridized carbons (Fsp3) is 1.00. The number of alkyl halides is 2. The third-order valence-electron chi connectivity index (χ3n) is 4.13. The van der Waals surface area contributed by atoms with E-state index in [0.717, 1.165) is 41.9 Å². The van der Waals surface area contributed by atoms with Crippen molar-refractivity contribution in [3.05, 3.63) is 0 Å². The Morgan fingerprint density at radius 2 is 1.81 bits per heavy atom. The highest BCUT2D eigenvalue weighted by atomic mass is 127. The average molecular weight is 341 g/mol. The monoisotopic (exact) mass is 341 g/mol. The van der Waals surface area contributed by atoms with Crippen molar-refractivity contribution >= 4 is 22.6 Å². The van der Waals surface area contributed by atoms with Gasteiger partial charge in [-0.1, -0.05) is 22.6 Å². The SMILES string of the molecule is NC1CCC(I)C[NH+]1CC1CCC(F)CC1. The van der Waals surface area contributed by atoms with E-state index in [1.807, 2.05) is 0 Å². The molecule has 1 aliphatic carbocycles. The average Bonchev–Trinajstić information content (AvgIpc) is 2.27. The van der Waals surface area contributed by atoms with E-state index < -0.39 is 6.17 Å². The molecule has 2 nitrogen and oxygen atoms in total. The molecule has 1 aliphatic heterocycles. The maximum absolute atomic E-state index is 13.0. The van der Waals surface area contributed by atoms with E-state index in [1.54, 1.807) is 4.90 Å². The number of quaternary nitrogens is 1. The number of rotatable bonds is 2. The third-order valence-corrected chi connectivity index (χ3v) is 5.19. The fourth-order valence-electron chi connectivity index (χ4n) is 3.03. The Bertz CT molecular complexity index is 219. The normalized spacial score (nSPS) is 45.6. The smallest absolute Gasteiger partial charge is 0.138 e. The Kier molecular flexibility index (Phi) is 4.85. The molecule has 2 aliphatic rings. The molecule has 3 atom stereocenters. The summed E-state index contributed by atoms with van der Waals surface area (Å²) in [5.74, 6) is 0.717. The van der Waals surface area contributed by atoms with Crippen LogP contribution < -0.4 is 10.6 Å². The molecular formula is C12H23FIN2+. The highest BCUT2D eigenvalue weighted by Gasteiger charge is 2.31. The maximum Gasteiger partial charge on any atom is 0.138 e. The van der Waals surface area contributed by atoms with Crippen molar-refractivity contribution in [1.82, 2.24) is 0 Å². The number of halogens is 2. The van der Waals surface area contributed by atoms with Crippen LogP contribution in [0.3, 0.4) is 0 Å². The Morgan fingerprint density at radius 3 is 2.50 bits per heavy atom. The zero-order chi connectivity index (χ0) is 11.5. The first-order valence-corrected chi connectivity index (χ1v) is 7.78. The molecule has 16 heavy (non-hydrogen) atoms. The van der Waals surface area contributed by atoms with Crippen LogP contribution >= 0.6 is 22.6 Å². The van der Waals surface area contributed by atoms with Crippen LogP contribution in [-0.4, -0.2) is 29.4 Å². The Morgan fingerprint density at radius 1 is 1.12 bits per heavy atom. The van der Waals surface area contributed by atoms with Gasteiger partial charge in [-0.25, -0.2) is 4.39 Å². The van der Waals surface area contributed by atoms with E-state index in [9.17, 15) is 4.39 Å². The van der Waals surface area contributed by atoms with Crippen LogP contribution in [0, 0.1) is 5.92 Å². The zero-order valence-electron chi connectivity index (χ0n) is 9.80. The highest BCUT2D eigenvalue weighted by molar-refractivity contribution is 14.1. The van der Waals surface area contributed by atoms with Crippen molar-refractivity contribution < 1.29 is 9.29 Å². The van der Waals surface area contributed by atoms with Crippen LogP contribution in [0.4, 0.5) is 4.39 Å². The molecule has 3 N–H and O–H groups in total. The van der Waals surface area contributed by atoms with Gasteiger partial charge in [0.1, 0.15) is 12.3 Å². The number of nitrogens with two attached hydrogens (primary N) is 1. The predicted molar refractivity (Wildman–Crippen MR) is 72.6 cm³/mol. The minimum absolute atomic E-state index is 0.328. The molecule has 0 aromatic heterocycles. The number of likely N-dealkylation sites (tertiary alicyclic amines) is 1. The first-order valence-electron chi connectivity index (χ1n) is 6.53. The van der Waals surface area contributed by atoms with Crippen molar-refractivity contribution in [2.45, 2.75) is 54.8 Å². The quantitative estimate of drug-likeness (QED) is 0.575. The molecule has 0 radical (unpaired) electrons. The standard InChI is InChI=1S/C12H22FIN2/c13-10-3-1-9(2-4-10)7-16-8-11(14)5-6-12(16)15/h9-12H,1-8,15H2/p+1. The molecule has 0 aromatic rings. The topological polar surface area (TPSA) is 30.5 Å². The largest absolute Gasteiger partial charge is 0.319 e. The lowest BCUT2D eigenvalue weighted by Crippen LogP contribution is -3.19. The van der Waals surface area contributed by atoms with E-state index >= 15 is 0 Å². The summed E-state index contributed by atoms with van der Waals surface area (Å²) in [7, 11) is 0. The van der Waals surface area contributed by atoms with Gasteiger partial charge in [-0.15, -0.1) is 0 Å². The molecule has 94 valence electrons. The highest BCUT2D eigenvalue weighted by Crippen LogP contribution is 2.25. The maximum atomic E-state index is 13.0. The van der Waals surface area contributed by atoms with E-state index in [4.69, 9.17) is 5.73 Å². The molecule has 0 spiro atoms. The molecule has 1 heterocycles. The lowest BCUT2D eigenvalue weighted by atomic mass is 9.87. The zero-order valence-corrected chi connectivity index (χ0v) is 12.0. The number of piperidine rings is 1. The van der Waals surface area contributed by atoms with Gasteiger partial charge < -0.3 is 4.90 Å². The van der Waals surface area contributed by atoms with Crippen LogP contribution in [0.2, 0.25) is 0 Å². The Labute approximate surface area is 111 Å². The molecular weight excluding hydrogens is 318 g/mol. The molecule has 1 saturated heterocycles. The Balaban J connectivity index is 1.79. The first-order chi connectivity index (χ1) is 7.65. The second-order valence-corrected chi connectivity index (χ2v) is 7.23. The van der Waals surface area contributed by atoms with Crippen molar-refractivity contribution in [2.75, 3.05) is 13.1 Å². The van der Waals surface area contributed by atoms with Crippen LogP contribution in [-0.2, 0) is 0 Å². The third kappa shape index (κ3) is 3.53. The van der Waals surface area contributed by atoms with Gasteiger partial charge in [0.2, 0.25) is 0 Å². The molecule has 3 unspecified atom stereocenters. The van der Waals surface area contributed by atoms with Crippen LogP contribution in [0.25, 0.3) is 0 Å². The van der Waals surface area contributed by atoms with Gasteiger partial charge in [0.25, 0.3) is 0 Å². The summed E-state index contributed by atoms with van der Waals surface area (Å²) in [5.41, 5.74) is 6.17. The minimum Gasteiger partial charge on any atom is -0.319 e. The summed E-state index contributed by atoms with van der Waals surface area (Å²) in [6.07, 6.45) is 5.92. The molecule has 0 aromatic carbocycles. The van der Waals surface area contributed by atoms with Gasteiger partial charge >= 0.3 is 0 Å². The summed E-state index contributed by atoms with van der Waals surface area (Å²) in [5, 5.41) is 0. The molecule has 2 rings (SSSR count). The molecule has 1 saturated carbocycles. The van der Waals surface area contributed by atoms with Crippen LogP contribution in [0.1, 0.15) is 38.5 Å². The van der Waals surface area contributed by atoms with Crippen molar-refractivity contribution in [1.29, 1.82) is 0 Å². The van der Waals surface area contributed by atoms with Gasteiger partial charge in [-0.05, 0) is 32.1 Å².